The quantitative estimate of drug-likeness (QED) is 0.168. The number of para-hydroxylation sites is 3. The normalized spacial score (nSPS) is 15.6. The third-order valence-corrected chi connectivity index (χ3v) is 15.2. The second-order valence-corrected chi connectivity index (χ2v) is 18.8. The van der Waals surface area contributed by atoms with Crippen molar-refractivity contribution in [3.63, 3.8) is 0 Å². The van der Waals surface area contributed by atoms with Crippen molar-refractivity contribution >= 4 is 38.9 Å². The highest BCUT2D eigenvalue weighted by Gasteiger charge is 2.50. The SMILES string of the molecule is CC1(C)c2ccccc2-c2ccc(N(c3ccc(-c4ccccc4)cc3)c3ccc(-c4ccc5c(c4)-c4ccccc4C54c5ccccc5-n5c6ccccc6c6cccc4c65)cc3)cc21. The summed E-state index contributed by atoms with van der Waals surface area (Å²) in [4.78, 5) is 2.42. The van der Waals surface area contributed by atoms with Gasteiger partial charge in [-0.25, -0.2) is 0 Å². The predicted molar refractivity (Wildman–Crippen MR) is 275 cm³/mol. The summed E-state index contributed by atoms with van der Waals surface area (Å²) in [5.74, 6) is 0. The summed E-state index contributed by atoms with van der Waals surface area (Å²) in [6.07, 6.45) is 0. The molecule has 1 aliphatic heterocycles. The van der Waals surface area contributed by atoms with E-state index in [1.165, 1.54) is 105 Å². The number of aromatic nitrogens is 1. The molecule has 2 heteroatoms. The number of hydrogen-bond donors (Lipinski definition) is 0. The summed E-state index contributed by atoms with van der Waals surface area (Å²) in [6, 6.07) is 86.1. The topological polar surface area (TPSA) is 8.17 Å². The lowest BCUT2D eigenvalue weighted by molar-refractivity contribution is 0.660. The van der Waals surface area contributed by atoms with Crippen LogP contribution in [0.1, 0.15) is 47.2 Å². The number of nitrogens with zero attached hydrogens (tertiary/aromatic N) is 2. The zero-order valence-corrected chi connectivity index (χ0v) is 36.8. The molecule has 0 amide bonds. The first-order valence-corrected chi connectivity index (χ1v) is 23.2. The molecule has 14 rings (SSSR count). The highest BCUT2D eigenvalue weighted by atomic mass is 15.1. The Hall–Kier alpha value is -8.20. The minimum absolute atomic E-state index is 0.107. The van der Waals surface area contributed by atoms with E-state index in [1.54, 1.807) is 0 Å². The summed E-state index contributed by atoms with van der Waals surface area (Å²) >= 11 is 0. The number of fused-ring (bicyclic) bond motifs is 15. The predicted octanol–water partition coefficient (Wildman–Crippen LogP) is 16.6. The van der Waals surface area contributed by atoms with Gasteiger partial charge >= 0.3 is 0 Å². The maximum Gasteiger partial charge on any atom is 0.0754 e. The van der Waals surface area contributed by atoms with Gasteiger partial charge in [-0.05, 0) is 132 Å². The minimum atomic E-state index is -0.461. The van der Waals surface area contributed by atoms with Crippen LogP contribution in [-0.4, -0.2) is 4.57 Å². The molecule has 1 atom stereocenters. The van der Waals surface area contributed by atoms with Crippen LogP contribution in [0.4, 0.5) is 17.1 Å². The molecule has 1 aromatic heterocycles. The fraction of sp³-hybridized carbons (Fsp3) is 0.0625. The van der Waals surface area contributed by atoms with Crippen molar-refractivity contribution in [2.45, 2.75) is 24.7 Å². The fourth-order valence-electron chi connectivity index (χ4n) is 12.3. The smallest absolute Gasteiger partial charge is 0.0754 e. The molecule has 0 bridgehead atoms. The minimum Gasteiger partial charge on any atom is -0.310 e. The summed E-state index contributed by atoms with van der Waals surface area (Å²) < 4.78 is 2.51. The van der Waals surface area contributed by atoms with Gasteiger partial charge in [0.1, 0.15) is 0 Å². The van der Waals surface area contributed by atoms with Gasteiger partial charge in [0, 0.05) is 33.2 Å². The fourth-order valence-corrected chi connectivity index (χ4v) is 12.3. The Morgan fingerprint density at radius 1 is 0.333 bits per heavy atom. The van der Waals surface area contributed by atoms with E-state index in [2.05, 4.69) is 254 Å². The molecule has 2 nitrogen and oxygen atoms in total. The van der Waals surface area contributed by atoms with Crippen LogP contribution in [0.5, 0.6) is 0 Å². The van der Waals surface area contributed by atoms with E-state index in [4.69, 9.17) is 0 Å². The molecule has 2 aliphatic carbocycles. The lowest BCUT2D eigenvalue weighted by Crippen LogP contribution is -2.33. The van der Waals surface area contributed by atoms with Crippen molar-refractivity contribution in [3.05, 3.63) is 264 Å². The molecule has 0 N–H and O–H groups in total. The standard InChI is InChI=1S/C64H44N2/c1-63(2)54-21-9-6-17-48(54)50-37-36-47(40-59(50)63)65(45-32-27-42(28-33-45)41-15-4-3-5-16-41)46-34-29-43(30-35-46)44-31-38-56-53(39-44)49-18-7-10-22-55(49)64(56)57-23-11-13-26-61(57)66-60-25-12-8-19-51(60)52-20-14-24-58(64)62(52)66/h3-40H,1-2H3. The Kier molecular flexibility index (Phi) is 7.70. The zero-order chi connectivity index (χ0) is 43.7. The number of rotatable bonds is 5. The van der Waals surface area contributed by atoms with Gasteiger partial charge in [0.05, 0.1) is 22.1 Å². The molecular formula is C64H44N2. The van der Waals surface area contributed by atoms with Gasteiger partial charge in [0.2, 0.25) is 0 Å². The lowest BCUT2D eigenvalue weighted by Gasteiger charge is -2.39. The van der Waals surface area contributed by atoms with Gasteiger partial charge in [-0.1, -0.05) is 190 Å². The Morgan fingerprint density at radius 2 is 0.864 bits per heavy atom. The van der Waals surface area contributed by atoms with Crippen LogP contribution < -0.4 is 4.90 Å². The summed E-state index contributed by atoms with van der Waals surface area (Å²) in [5.41, 5.74) is 24.8. The molecule has 10 aromatic carbocycles. The third kappa shape index (κ3) is 4.96. The maximum absolute atomic E-state index is 2.51. The van der Waals surface area contributed by atoms with Crippen LogP contribution in [0.3, 0.4) is 0 Å². The van der Waals surface area contributed by atoms with Crippen molar-refractivity contribution < 1.29 is 0 Å². The maximum atomic E-state index is 2.51. The Balaban J connectivity index is 0.904. The Labute approximate surface area is 385 Å². The first-order valence-electron chi connectivity index (χ1n) is 23.2. The van der Waals surface area contributed by atoms with E-state index < -0.39 is 5.41 Å². The van der Waals surface area contributed by atoms with Crippen LogP contribution in [0, 0.1) is 0 Å². The number of hydrogen-bond acceptors (Lipinski definition) is 1. The van der Waals surface area contributed by atoms with Gasteiger partial charge in [-0.2, -0.15) is 0 Å². The van der Waals surface area contributed by atoms with E-state index in [0.717, 1.165) is 17.1 Å². The van der Waals surface area contributed by atoms with Crippen LogP contribution in [-0.2, 0) is 10.8 Å². The molecule has 0 radical (unpaired) electrons. The van der Waals surface area contributed by atoms with Gasteiger partial charge in [0.15, 0.2) is 0 Å². The summed E-state index contributed by atoms with van der Waals surface area (Å²) in [6.45, 7) is 4.72. The van der Waals surface area contributed by atoms with Crippen molar-refractivity contribution in [1.29, 1.82) is 0 Å². The van der Waals surface area contributed by atoms with Crippen molar-refractivity contribution in [1.82, 2.24) is 4.57 Å². The molecule has 0 fully saturated rings. The van der Waals surface area contributed by atoms with Gasteiger partial charge < -0.3 is 9.47 Å². The van der Waals surface area contributed by atoms with Crippen LogP contribution in [0.2, 0.25) is 0 Å². The molecule has 3 aliphatic rings. The second kappa shape index (κ2) is 13.7. The third-order valence-electron chi connectivity index (χ3n) is 15.2. The lowest BCUT2D eigenvalue weighted by atomic mass is 9.65. The Bertz CT molecular complexity index is 3780. The van der Waals surface area contributed by atoms with Crippen molar-refractivity contribution in [2.75, 3.05) is 4.90 Å². The second-order valence-electron chi connectivity index (χ2n) is 18.8. The van der Waals surface area contributed by atoms with E-state index in [9.17, 15) is 0 Å². The molecule has 2 heterocycles. The van der Waals surface area contributed by atoms with Crippen LogP contribution in [0.25, 0.3) is 72.0 Å². The van der Waals surface area contributed by atoms with Crippen molar-refractivity contribution in [3.8, 4) is 50.2 Å². The van der Waals surface area contributed by atoms with E-state index in [-0.39, 0.29) is 5.41 Å². The molecule has 11 aromatic rings. The molecule has 0 saturated carbocycles. The van der Waals surface area contributed by atoms with Gasteiger partial charge in [-0.3, -0.25) is 0 Å². The Morgan fingerprint density at radius 3 is 1.64 bits per heavy atom. The monoisotopic (exact) mass is 840 g/mol. The first-order chi connectivity index (χ1) is 32.5. The summed E-state index contributed by atoms with van der Waals surface area (Å²) in [7, 11) is 0. The van der Waals surface area contributed by atoms with Crippen LogP contribution in [0.15, 0.2) is 231 Å². The van der Waals surface area contributed by atoms with Crippen LogP contribution >= 0.6 is 0 Å². The molecule has 66 heavy (non-hydrogen) atoms. The first kappa shape index (κ1) is 37.2. The van der Waals surface area contributed by atoms with E-state index >= 15 is 0 Å². The number of anilines is 3. The zero-order valence-electron chi connectivity index (χ0n) is 36.8. The average Bonchev–Trinajstić information content (AvgIpc) is 3.95. The number of benzene rings is 10. The van der Waals surface area contributed by atoms with Gasteiger partial charge in [-0.15, -0.1) is 0 Å². The highest BCUT2D eigenvalue weighted by molar-refractivity contribution is 6.13. The van der Waals surface area contributed by atoms with Crippen molar-refractivity contribution in [2.24, 2.45) is 0 Å². The average molecular weight is 841 g/mol. The molecular weight excluding hydrogens is 797 g/mol. The molecule has 1 unspecified atom stereocenters. The molecule has 1 spiro atoms. The molecule has 0 saturated heterocycles. The molecule has 310 valence electrons. The van der Waals surface area contributed by atoms with E-state index in [0.29, 0.717) is 0 Å². The summed E-state index contributed by atoms with van der Waals surface area (Å²) in [5, 5.41) is 2.59. The van der Waals surface area contributed by atoms with Gasteiger partial charge in [0.25, 0.3) is 0 Å². The largest absolute Gasteiger partial charge is 0.310 e. The van der Waals surface area contributed by atoms with E-state index in [1.807, 2.05) is 0 Å². The highest BCUT2D eigenvalue weighted by Crippen LogP contribution is 2.61.